The summed E-state index contributed by atoms with van der Waals surface area (Å²) in [5, 5.41) is 0. The number of aliphatic imine (C=N–C) groups is 1. The van der Waals surface area contributed by atoms with Crippen LogP contribution in [0.25, 0.3) is 0 Å². The lowest BCUT2D eigenvalue weighted by atomic mass is 9.87. The molecule has 0 saturated carbocycles. The minimum atomic E-state index is 0.470. The van der Waals surface area contributed by atoms with Crippen LogP contribution in [0.4, 0.5) is 0 Å². The SMILES string of the molecule is CCC(CC1=CN=CC(C)C=C1)C(C)C. The minimum absolute atomic E-state index is 0.470. The normalized spacial score (nSPS) is 22.7. The maximum absolute atomic E-state index is 4.33. The van der Waals surface area contributed by atoms with Gasteiger partial charge in [0.05, 0.1) is 0 Å². The van der Waals surface area contributed by atoms with Gasteiger partial charge in [0.15, 0.2) is 0 Å². The van der Waals surface area contributed by atoms with Gasteiger partial charge in [0.25, 0.3) is 0 Å². The van der Waals surface area contributed by atoms with Crippen LogP contribution in [0, 0.1) is 17.8 Å². The zero-order valence-corrected chi connectivity index (χ0v) is 10.4. The molecule has 0 aliphatic carbocycles. The Labute approximate surface area is 94.0 Å². The van der Waals surface area contributed by atoms with E-state index < -0.39 is 0 Å². The monoisotopic (exact) mass is 205 g/mol. The summed E-state index contributed by atoms with van der Waals surface area (Å²) in [6.45, 7) is 9.05. The Morgan fingerprint density at radius 1 is 1.40 bits per heavy atom. The van der Waals surface area contributed by atoms with Crippen LogP contribution in [0.5, 0.6) is 0 Å². The molecule has 1 rings (SSSR count). The van der Waals surface area contributed by atoms with E-state index in [0.717, 1.165) is 18.3 Å². The van der Waals surface area contributed by atoms with Crippen LogP contribution in [0.3, 0.4) is 0 Å². The molecule has 0 radical (unpaired) electrons. The maximum Gasteiger partial charge on any atom is 0.0296 e. The molecule has 15 heavy (non-hydrogen) atoms. The van der Waals surface area contributed by atoms with E-state index in [1.54, 1.807) is 0 Å². The summed E-state index contributed by atoms with van der Waals surface area (Å²) in [6, 6.07) is 0. The number of hydrogen-bond donors (Lipinski definition) is 0. The summed E-state index contributed by atoms with van der Waals surface area (Å²) in [5.41, 5.74) is 1.37. The molecule has 0 amide bonds. The van der Waals surface area contributed by atoms with Crippen molar-refractivity contribution >= 4 is 6.21 Å². The Bertz CT molecular complexity index is 271. The van der Waals surface area contributed by atoms with Crippen LogP contribution in [-0.2, 0) is 0 Å². The lowest BCUT2D eigenvalue weighted by Crippen LogP contribution is -2.07. The highest BCUT2D eigenvalue weighted by molar-refractivity contribution is 5.64. The fraction of sp³-hybridized carbons (Fsp3) is 0.643. The Kier molecular flexibility index (Phi) is 4.80. The summed E-state index contributed by atoms with van der Waals surface area (Å²) in [4.78, 5) is 4.33. The Morgan fingerprint density at radius 3 is 2.73 bits per heavy atom. The van der Waals surface area contributed by atoms with Crippen LogP contribution in [0.2, 0.25) is 0 Å². The van der Waals surface area contributed by atoms with Gasteiger partial charge in [-0.3, -0.25) is 4.99 Å². The number of hydrogen-bond acceptors (Lipinski definition) is 1. The first-order valence-electron chi connectivity index (χ1n) is 6.04. The predicted octanol–water partition coefficient (Wildman–Crippen LogP) is 4.22. The zero-order chi connectivity index (χ0) is 11.3. The van der Waals surface area contributed by atoms with Crippen LogP contribution in [0.15, 0.2) is 28.9 Å². The van der Waals surface area contributed by atoms with E-state index >= 15 is 0 Å². The first-order valence-corrected chi connectivity index (χ1v) is 6.04. The molecule has 0 N–H and O–H groups in total. The first-order chi connectivity index (χ1) is 7.13. The molecule has 1 heteroatoms. The summed E-state index contributed by atoms with van der Waals surface area (Å²) in [6.07, 6.45) is 10.9. The van der Waals surface area contributed by atoms with E-state index in [1.807, 2.05) is 12.4 Å². The molecular weight excluding hydrogens is 182 g/mol. The van der Waals surface area contributed by atoms with Gasteiger partial charge in [-0.1, -0.05) is 46.3 Å². The summed E-state index contributed by atoms with van der Waals surface area (Å²) in [7, 11) is 0. The standard InChI is InChI=1S/C14H23N/c1-5-14(11(2)3)8-13-7-6-12(4)9-15-10-13/h6-7,9-12,14H,5,8H2,1-4H3. The lowest BCUT2D eigenvalue weighted by molar-refractivity contribution is 0.372. The van der Waals surface area contributed by atoms with Crippen molar-refractivity contribution in [3.05, 3.63) is 23.9 Å². The van der Waals surface area contributed by atoms with E-state index in [0.29, 0.717) is 5.92 Å². The van der Waals surface area contributed by atoms with Crippen molar-refractivity contribution in [2.24, 2.45) is 22.7 Å². The van der Waals surface area contributed by atoms with Gasteiger partial charge in [0.2, 0.25) is 0 Å². The second-order valence-electron chi connectivity index (χ2n) is 4.84. The first kappa shape index (κ1) is 12.2. The van der Waals surface area contributed by atoms with Crippen LogP contribution in [0.1, 0.15) is 40.5 Å². The molecule has 1 heterocycles. The average Bonchev–Trinajstić information content (AvgIpc) is 2.39. The molecule has 1 nitrogen and oxygen atoms in total. The zero-order valence-electron chi connectivity index (χ0n) is 10.4. The summed E-state index contributed by atoms with van der Waals surface area (Å²) in [5.74, 6) is 2.01. The molecule has 84 valence electrons. The van der Waals surface area contributed by atoms with Crippen molar-refractivity contribution in [1.29, 1.82) is 0 Å². The summed E-state index contributed by atoms with van der Waals surface area (Å²) >= 11 is 0. The van der Waals surface area contributed by atoms with Crippen LogP contribution in [-0.4, -0.2) is 6.21 Å². The molecule has 2 atom stereocenters. The molecule has 0 bridgehead atoms. The van der Waals surface area contributed by atoms with Crippen molar-refractivity contribution in [3.63, 3.8) is 0 Å². The van der Waals surface area contributed by atoms with Gasteiger partial charge in [-0.2, -0.15) is 0 Å². The van der Waals surface area contributed by atoms with Gasteiger partial charge in [0, 0.05) is 18.3 Å². The van der Waals surface area contributed by atoms with Crippen molar-refractivity contribution in [2.75, 3.05) is 0 Å². The van der Waals surface area contributed by atoms with Crippen molar-refractivity contribution in [2.45, 2.75) is 40.5 Å². The highest BCUT2D eigenvalue weighted by Crippen LogP contribution is 2.24. The highest BCUT2D eigenvalue weighted by atomic mass is 14.7. The second kappa shape index (κ2) is 5.89. The van der Waals surface area contributed by atoms with E-state index in [9.17, 15) is 0 Å². The molecule has 0 fully saturated rings. The van der Waals surface area contributed by atoms with Crippen molar-refractivity contribution in [3.8, 4) is 0 Å². The predicted molar refractivity (Wildman–Crippen MR) is 68.1 cm³/mol. The third-order valence-electron chi connectivity index (χ3n) is 3.14. The van der Waals surface area contributed by atoms with Gasteiger partial charge in [-0.05, 0) is 23.8 Å². The topological polar surface area (TPSA) is 12.4 Å². The van der Waals surface area contributed by atoms with E-state index in [1.165, 1.54) is 12.0 Å². The third-order valence-corrected chi connectivity index (χ3v) is 3.14. The third kappa shape index (κ3) is 4.03. The van der Waals surface area contributed by atoms with Crippen molar-refractivity contribution < 1.29 is 0 Å². The lowest BCUT2D eigenvalue weighted by Gasteiger charge is -2.18. The molecule has 0 aromatic heterocycles. The fourth-order valence-corrected chi connectivity index (χ4v) is 1.92. The minimum Gasteiger partial charge on any atom is -0.268 e. The molecular formula is C14H23N. The van der Waals surface area contributed by atoms with Crippen molar-refractivity contribution in [1.82, 2.24) is 0 Å². The molecule has 0 spiro atoms. The van der Waals surface area contributed by atoms with Crippen LogP contribution >= 0.6 is 0 Å². The Morgan fingerprint density at radius 2 is 2.13 bits per heavy atom. The molecule has 1 aliphatic heterocycles. The van der Waals surface area contributed by atoms with Gasteiger partial charge in [0.1, 0.15) is 0 Å². The summed E-state index contributed by atoms with van der Waals surface area (Å²) < 4.78 is 0. The largest absolute Gasteiger partial charge is 0.268 e. The molecule has 0 aromatic carbocycles. The number of allylic oxidation sites excluding steroid dienone is 3. The molecule has 0 aromatic rings. The fourth-order valence-electron chi connectivity index (χ4n) is 1.92. The molecule has 1 aliphatic rings. The van der Waals surface area contributed by atoms with E-state index in [-0.39, 0.29) is 0 Å². The molecule has 2 unspecified atom stereocenters. The van der Waals surface area contributed by atoms with Gasteiger partial charge in [-0.25, -0.2) is 0 Å². The van der Waals surface area contributed by atoms with Gasteiger partial charge < -0.3 is 0 Å². The van der Waals surface area contributed by atoms with Gasteiger partial charge >= 0.3 is 0 Å². The second-order valence-corrected chi connectivity index (χ2v) is 4.84. The van der Waals surface area contributed by atoms with Gasteiger partial charge in [-0.15, -0.1) is 0 Å². The average molecular weight is 205 g/mol. The molecule has 0 saturated heterocycles. The number of rotatable bonds is 4. The highest BCUT2D eigenvalue weighted by Gasteiger charge is 2.12. The maximum atomic E-state index is 4.33. The smallest absolute Gasteiger partial charge is 0.0296 e. The van der Waals surface area contributed by atoms with E-state index in [4.69, 9.17) is 0 Å². The Balaban J connectivity index is 2.61. The quantitative estimate of drug-likeness (QED) is 0.651. The number of nitrogens with zero attached hydrogens (tertiary/aromatic N) is 1. The Hall–Kier alpha value is -0.850. The van der Waals surface area contributed by atoms with Crippen LogP contribution < -0.4 is 0 Å². The van der Waals surface area contributed by atoms with E-state index in [2.05, 4.69) is 44.8 Å².